The fraction of sp³-hybridized carbons (Fsp3) is 0.609. The summed E-state index contributed by atoms with van der Waals surface area (Å²) in [5.41, 5.74) is 2.08. The first-order valence-electron chi connectivity index (χ1n) is 11.8. The van der Waals surface area contributed by atoms with Crippen LogP contribution in [0.25, 0.3) is 0 Å². The molecule has 1 amide bonds. The number of hydrogen-bond acceptors (Lipinski definition) is 7. The van der Waals surface area contributed by atoms with Crippen LogP contribution in [0.15, 0.2) is 29.4 Å². The maximum absolute atomic E-state index is 12.6. The van der Waals surface area contributed by atoms with E-state index in [1.165, 1.54) is 49.4 Å². The molecule has 0 atom stereocenters. The van der Waals surface area contributed by atoms with Gasteiger partial charge in [-0.15, -0.1) is 10.2 Å². The van der Waals surface area contributed by atoms with Crippen molar-refractivity contribution in [3.05, 3.63) is 29.8 Å². The molecule has 8 nitrogen and oxygen atoms in total. The van der Waals surface area contributed by atoms with Gasteiger partial charge in [0.2, 0.25) is 11.9 Å². The number of aromatic nitrogens is 3. The first-order valence-corrected chi connectivity index (χ1v) is 12.8. The fourth-order valence-electron chi connectivity index (χ4n) is 4.37. The van der Waals surface area contributed by atoms with E-state index in [0.717, 1.165) is 62.7 Å². The van der Waals surface area contributed by atoms with E-state index in [4.69, 9.17) is 4.74 Å². The van der Waals surface area contributed by atoms with E-state index in [2.05, 4.69) is 42.0 Å². The highest BCUT2D eigenvalue weighted by molar-refractivity contribution is 7.99. The van der Waals surface area contributed by atoms with Gasteiger partial charge in [0.05, 0.1) is 19.0 Å². The molecule has 0 spiro atoms. The van der Waals surface area contributed by atoms with E-state index in [1.807, 2.05) is 12.1 Å². The first kappa shape index (κ1) is 21.7. The van der Waals surface area contributed by atoms with Gasteiger partial charge in [0, 0.05) is 44.5 Å². The van der Waals surface area contributed by atoms with Crippen LogP contribution in [0.5, 0.6) is 0 Å². The van der Waals surface area contributed by atoms with Crippen molar-refractivity contribution in [2.24, 2.45) is 0 Å². The second-order valence-electron chi connectivity index (χ2n) is 8.85. The Morgan fingerprint density at radius 3 is 2.50 bits per heavy atom. The summed E-state index contributed by atoms with van der Waals surface area (Å²) >= 11 is 1.49. The third-order valence-corrected chi connectivity index (χ3v) is 7.22. The third kappa shape index (κ3) is 5.44. The van der Waals surface area contributed by atoms with Crippen LogP contribution in [0.4, 0.5) is 11.6 Å². The molecule has 1 aliphatic carbocycles. The molecular formula is C23H32N6O2S. The molecule has 3 aliphatic rings. The highest BCUT2D eigenvalue weighted by Crippen LogP contribution is 2.41. The van der Waals surface area contributed by atoms with Crippen molar-refractivity contribution in [3.63, 3.8) is 0 Å². The van der Waals surface area contributed by atoms with Crippen molar-refractivity contribution >= 4 is 29.3 Å². The summed E-state index contributed by atoms with van der Waals surface area (Å²) in [5, 5.41) is 12.8. The largest absolute Gasteiger partial charge is 0.379 e. The lowest BCUT2D eigenvalue weighted by Crippen LogP contribution is -2.35. The summed E-state index contributed by atoms with van der Waals surface area (Å²) in [6.45, 7) is 6.58. The molecule has 1 N–H and O–H groups in total. The first-order chi connectivity index (χ1) is 15.8. The van der Waals surface area contributed by atoms with Gasteiger partial charge in [-0.2, -0.15) is 0 Å². The molecule has 1 aromatic carbocycles. The molecule has 32 heavy (non-hydrogen) atoms. The van der Waals surface area contributed by atoms with Crippen molar-refractivity contribution in [2.45, 2.75) is 49.8 Å². The van der Waals surface area contributed by atoms with Gasteiger partial charge in [-0.25, -0.2) is 0 Å². The molecular weight excluding hydrogens is 424 g/mol. The molecule has 2 aromatic rings. The topological polar surface area (TPSA) is 75.5 Å². The zero-order valence-corrected chi connectivity index (χ0v) is 19.4. The van der Waals surface area contributed by atoms with Gasteiger partial charge in [0.1, 0.15) is 0 Å². The minimum absolute atomic E-state index is 0.0131. The Kier molecular flexibility index (Phi) is 6.95. The summed E-state index contributed by atoms with van der Waals surface area (Å²) < 4.78 is 7.68. The van der Waals surface area contributed by atoms with E-state index < -0.39 is 0 Å². The second-order valence-corrected chi connectivity index (χ2v) is 9.80. The predicted molar refractivity (Wildman–Crippen MR) is 126 cm³/mol. The minimum atomic E-state index is -0.0131. The third-order valence-electron chi connectivity index (χ3n) is 6.28. The van der Waals surface area contributed by atoms with Crippen LogP contribution in [-0.2, 0) is 16.1 Å². The van der Waals surface area contributed by atoms with Crippen molar-refractivity contribution < 1.29 is 9.53 Å². The Hall–Kier alpha value is -2.10. The fourth-order valence-corrected chi connectivity index (χ4v) is 5.17. The van der Waals surface area contributed by atoms with Gasteiger partial charge in [-0.1, -0.05) is 23.9 Å². The number of piperidine rings is 1. The summed E-state index contributed by atoms with van der Waals surface area (Å²) in [4.78, 5) is 17.3. The lowest BCUT2D eigenvalue weighted by molar-refractivity contribution is -0.113. The number of thioether (sulfide) groups is 1. The van der Waals surface area contributed by atoms with Crippen LogP contribution >= 0.6 is 11.8 Å². The number of amides is 1. The molecule has 9 heteroatoms. The second kappa shape index (κ2) is 10.2. The van der Waals surface area contributed by atoms with Gasteiger partial charge in [0.25, 0.3) is 0 Å². The number of carbonyl (C=O) groups excluding carboxylic acids is 1. The average Bonchev–Trinajstić information content (AvgIpc) is 3.59. The number of hydrogen-bond donors (Lipinski definition) is 1. The molecule has 3 fully saturated rings. The Balaban J connectivity index is 1.14. The Morgan fingerprint density at radius 1 is 1.03 bits per heavy atom. The summed E-state index contributed by atoms with van der Waals surface area (Å²) in [6, 6.07) is 8.64. The number of nitrogens with one attached hydrogen (secondary N) is 1. The monoisotopic (exact) mass is 456 g/mol. The number of carbonyl (C=O) groups is 1. The lowest BCUT2D eigenvalue weighted by atomic mass is 10.1. The van der Waals surface area contributed by atoms with Crippen molar-refractivity contribution in [2.75, 3.05) is 55.4 Å². The van der Waals surface area contributed by atoms with E-state index >= 15 is 0 Å². The van der Waals surface area contributed by atoms with Crippen LogP contribution in [-0.4, -0.2) is 70.7 Å². The number of anilines is 2. The van der Waals surface area contributed by atoms with Gasteiger partial charge in [0.15, 0.2) is 5.16 Å². The highest BCUT2D eigenvalue weighted by Gasteiger charge is 2.32. The number of rotatable bonds is 8. The van der Waals surface area contributed by atoms with Crippen molar-refractivity contribution in [3.8, 4) is 0 Å². The smallest absolute Gasteiger partial charge is 0.234 e. The predicted octanol–water partition coefficient (Wildman–Crippen LogP) is 3.17. The standard InChI is InChI=1S/C23H32N6O2S/c30-21(24-19-6-4-18(5-7-19)16-27-12-14-31-15-13-27)17-32-23-26-25-22(29(23)20-8-9-20)28-10-2-1-3-11-28/h4-7,20H,1-3,8-17H2,(H,24,30). The molecule has 2 aliphatic heterocycles. The van der Waals surface area contributed by atoms with Crippen LogP contribution in [0, 0.1) is 0 Å². The summed E-state index contributed by atoms with van der Waals surface area (Å²) in [7, 11) is 0. The van der Waals surface area contributed by atoms with Gasteiger partial charge >= 0.3 is 0 Å². The molecule has 0 radical (unpaired) electrons. The van der Waals surface area contributed by atoms with E-state index in [1.54, 1.807) is 0 Å². The minimum Gasteiger partial charge on any atom is -0.379 e. The van der Waals surface area contributed by atoms with Crippen LogP contribution < -0.4 is 10.2 Å². The molecule has 172 valence electrons. The highest BCUT2D eigenvalue weighted by atomic mass is 32.2. The van der Waals surface area contributed by atoms with Crippen LogP contribution in [0.3, 0.4) is 0 Å². The number of ether oxygens (including phenoxy) is 1. The average molecular weight is 457 g/mol. The van der Waals surface area contributed by atoms with E-state index in [-0.39, 0.29) is 5.91 Å². The van der Waals surface area contributed by atoms with E-state index in [9.17, 15) is 4.79 Å². The lowest BCUT2D eigenvalue weighted by Gasteiger charge is -2.27. The van der Waals surface area contributed by atoms with Crippen molar-refractivity contribution in [1.29, 1.82) is 0 Å². The Morgan fingerprint density at radius 2 is 1.78 bits per heavy atom. The summed E-state index contributed by atoms with van der Waals surface area (Å²) in [5.74, 6) is 1.31. The van der Waals surface area contributed by atoms with Crippen molar-refractivity contribution in [1.82, 2.24) is 19.7 Å². The Bertz CT molecular complexity index is 902. The van der Waals surface area contributed by atoms with Gasteiger partial charge in [-0.05, 0) is 49.8 Å². The maximum atomic E-state index is 12.6. The molecule has 0 unspecified atom stereocenters. The van der Waals surface area contributed by atoms with Crippen LogP contribution in [0.1, 0.15) is 43.7 Å². The Labute approximate surface area is 193 Å². The van der Waals surface area contributed by atoms with Crippen LogP contribution in [0.2, 0.25) is 0 Å². The van der Waals surface area contributed by atoms with Gasteiger partial charge < -0.3 is 15.0 Å². The molecule has 3 heterocycles. The molecule has 1 aromatic heterocycles. The molecule has 2 saturated heterocycles. The van der Waals surface area contributed by atoms with Gasteiger partial charge in [-0.3, -0.25) is 14.3 Å². The number of benzene rings is 1. The normalized spacial score (nSPS) is 19.8. The maximum Gasteiger partial charge on any atom is 0.234 e. The zero-order valence-electron chi connectivity index (χ0n) is 18.5. The molecule has 1 saturated carbocycles. The van der Waals surface area contributed by atoms with E-state index in [0.29, 0.717) is 11.8 Å². The quantitative estimate of drug-likeness (QED) is 0.612. The summed E-state index contributed by atoms with van der Waals surface area (Å²) in [6.07, 6.45) is 6.08. The molecule has 5 rings (SSSR count). The molecule has 0 bridgehead atoms. The zero-order chi connectivity index (χ0) is 21.8. The SMILES string of the molecule is O=C(CSc1nnc(N2CCCCC2)n1C1CC1)Nc1ccc(CN2CCOCC2)cc1. The number of morpholine rings is 1. The number of nitrogens with zero attached hydrogens (tertiary/aromatic N) is 5.